The number of fused-ring (bicyclic) bond motifs is 1. The molecule has 0 aliphatic rings. The summed E-state index contributed by atoms with van der Waals surface area (Å²) in [7, 11) is 1.66. The van der Waals surface area contributed by atoms with Gasteiger partial charge < -0.3 is 16.2 Å². The number of nitrogens with zero attached hydrogens (tertiary/aromatic N) is 2. The van der Waals surface area contributed by atoms with Crippen molar-refractivity contribution in [3.8, 4) is 11.3 Å². The molecule has 0 saturated carbocycles. The van der Waals surface area contributed by atoms with Crippen LogP contribution in [0.15, 0.2) is 66.9 Å². The second kappa shape index (κ2) is 12.8. The van der Waals surface area contributed by atoms with E-state index in [9.17, 15) is 4.79 Å². The SMILES string of the molecule is CNOCC(C)O.Nc1ccc(-c2ccc(C=O)c(Cl)c2)nc1NCc1ccc2ncccc2c1. The Bertz CT molecular complexity index is 1280. The second-order valence-corrected chi connectivity index (χ2v) is 8.14. The van der Waals surface area contributed by atoms with Gasteiger partial charge in [-0.25, -0.2) is 10.5 Å². The first-order valence-corrected chi connectivity index (χ1v) is 11.3. The van der Waals surface area contributed by atoms with Crippen LogP contribution in [0.25, 0.3) is 22.2 Å². The summed E-state index contributed by atoms with van der Waals surface area (Å²) in [5, 5.41) is 13.3. The van der Waals surface area contributed by atoms with Gasteiger partial charge in [-0.3, -0.25) is 14.6 Å². The lowest BCUT2D eigenvalue weighted by Crippen LogP contribution is -2.17. The third-order valence-electron chi connectivity index (χ3n) is 4.95. The number of hydrogen-bond acceptors (Lipinski definition) is 8. The highest BCUT2D eigenvalue weighted by Crippen LogP contribution is 2.27. The molecule has 1 unspecified atom stereocenters. The summed E-state index contributed by atoms with van der Waals surface area (Å²) in [4.78, 5) is 24.5. The molecule has 0 amide bonds. The number of nitrogens with one attached hydrogen (secondary N) is 2. The van der Waals surface area contributed by atoms with Crippen LogP contribution in [0.4, 0.5) is 11.5 Å². The zero-order valence-electron chi connectivity index (χ0n) is 19.5. The first kappa shape index (κ1) is 26.1. The van der Waals surface area contributed by atoms with Crippen LogP contribution in [0.5, 0.6) is 0 Å². The number of nitrogens with two attached hydrogens (primary N) is 1. The third-order valence-corrected chi connectivity index (χ3v) is 5.27. The van der Waals surface area contributed by atoms with Crippen LogP contribution in [-0.2, 0) is 11.4 Å². The lowest BCUT2D eigenvalue weighted by atomic mass is 10.1. The Labute approximate surface area is 209 Å². The fourth-order valence-corrected chi connectivity index (χ4v) is 3.40. The lowest BCUT2D eigenvalue weighted by molar-refractivity contribution is -0.00191. The maximum atomic E-state index is 10.9. The quantitative estimate of drug-likeness (QED) is 0.209. The molecule has 0 spiro atoms. The number of aldehydes is 1. The number of aliphatic hydroxyl groups excluding tert-OH is 1. The highest BCUT2D eigenvalue weighted by atomic mass is 35.5. The summed E-state index contributed by atoms with van der Waals surface area (Å²) in [6.07, 6.45) is 2.13. The van der Waals surface area contributed by atoms with Gasteiger partial charge in [0.2, 0.25) is 0 Å². The minimum Gasteiger partial charge on any atom is -0.396 e. The Hall–Kier alpha value is -3.56. The molecule has 4 rings (SSSR count). The number of benzene rings is 2. The van der Waals surface area contributed by atoms with Crippen LogP contribution in [0.3, 0.4) is 0 Å². The predicted octanol–water partition coefficient (Wildman–Crippen LogP) is 4.48. The molecule has 0 aliphatic carbocycles. The zero-order chi connectivity index (χ0) is 25.2. The normalized spacial score (nSPS) is 11.4. The Balaban J connectivity index is 0.000000429. The highest BCUT2D eigenvalue weighted by molar-refractivity contribution is 6.33. The van der Waals surface area contributed by atoms with Crippen molar-refractivity contribution in [2.24, 2.45) is 0 Å². The summed E-state index contributed by atoms with van der Waals surface area (Å²) in [5.41, 5.74) is 13.1. The van der Waals surface area contributed by atoms with Gasteiger partial charge in [-0.05, 0) is 55.0 Å². The number of carbonyl (C=O) groups is 1. The maximum Gasteiger partial charge on any atom is 0.151 e. The summed E-state index contributed by atoms with van der Waals surface area (Å²) < 4.78 is 0. The van der Waals surface area contributed by atoms with Crippen molar-refractivity contribution in [2.45, 2.75) is 19.6 Å². The number of hydrogen-bond donors (Lipinski definition) is 4. The molecule has 0 fully saturated rings. The van der Waals surface area contributed by atoms with Crippen molar-refractivity contribution in [3.05, 3.63) is 83.0 Å². The van der Waals surface area contributed by atoms with E-state index in [0.29, 0.717) is 35.2 Å². The van der Waals surface area contributed by atoms with Gasteiger partial charge in [0.25, 0.3) is 0 Å². The predicted molar refractivity (Wildman–Crippen MR) is 140 cm³/mol. The first-order valence-electron chi connectivity index (χ1n) is 11.0. The molecule has 0 radical (unpaired) electrons. The lowest BCUT2D eigenvalue weighted by Gasteiger charge is -2.11. The Morgan fingerprint density at radius 3 is 2.69 bits per heavy atom. The van der Waals surface area contributed by atoms with E-state index in [2.05, 4.69) is 31.7 Å². The highest BCUT2D eigenvalue weighted by Gasteiger charge is 2.08. The van der Waals surface area contributed by atoms with E-state index in [-0.39, 0.29) is 6.10 Å². The average molecular weight is 494 g/mol. The van der Waals surface area contributed by atoms with E-state index in [1.807, 2.05) is 36.4 Å². The number of pyridine rings is 2. The number of carbonyl (C=O) groups excluding carboxylic acids is 1. The second-order valence-electron chi connectivity index (χ2n) is 7.74. The van der Waals surface area contributed by atoms with Gasteiger partial charge in [0, 0.05) is 36.3 Å². The van der Waals surface area contributed by atoms with Crippen LogP contribution in [-0.4, -0.2) is 41.1 Å². The number of hydroxylamine groups is 1. The molecule has 0 bridgehead atoms. The van der Waals surface area contributed by atoms with Crippen LogP contribution in [0.1, 0.15) is 22.8 Å². The number of anilines is 2. The molecule has 182 valence electrons. The standard InChI is InChI=1S/C22H17ClN4O.C4H11NO2/c23-18-11-16(4-5-17(18)13-28)21-8-6-19(24)22(27-21)26-12-14-3-7-20-15(10-14)2-1-9-25-20;1-4(6)3-7-5-2/h1-11,13H,12,24H2,(H,26,27);4-6H,3H2,1-2H3. The summed E-state index contributed by atoms with van der Waals surface area (Å²) in [5.74, 6) is 0.597. The third kappa shape index (κ3) is 7.46. The molecule has 8 nitrogen and oxygen atoms in total. The van der Waals surface area contributed by atoms with E-state index in [4.69, 9.17) is 22.4 Å². The molecule has 4 aromatic rings. The average Bonchev–Trinajstić information content (AvgIpc) is 2.87. The molecule has 0 aliphatic heterocycles. The van der Waals surface area contributed by atoms with Gasteiger partial charge >= 0.3 is 0 Å². The minimum atomic E-state index is -0.382. The van der Waals surface area contributed by atoms with E-state index in [1.165, 1.54) is 0 Å². The van der Waals surface area contributed by atoms with Crippen molar-refractivity contribution in [1.29, 1.82) is 0 Å². The number of aromatic nitrogens is 2. The van der Waals surface area contributed by atoms with E-state index in [1.54, 1.807) is 38.4 Å². The Morgan fingerprint density at radius 2 is 2.00 bits per heavy atom. The van der Waals surface area contributed by atoms with Crippen LogP contribution < -0.4 is 16.5 Å². The summed E-state index contributed by atoms with van der Waals surface area (Å²) in [6, 6.07) is 18.9. The van der Waals surface area contributed by atoms with Crippen molar-refractivity contribution < 1.29 is 14.7 Å². The van der Waals surface area contributed by atoms with Crippen molar-refractivity contribution in [2.75, 3.05) is 24.7 Å². The number of halogens is 1. The molecular weight excluding hydrogens is 466 g/mol. The molecular formula is C26H28ClN5O3. The smallest absolute Gasteiger partial charge is 0.151 e. The number of rotatable bonds is 8. The summed E-state index contributed by atoms with van der Waals surface area (Å²) >= 11 is 6.13. The minimum absolute atomic E-state index is 0.344. The van der Waals surface area contributed by atoms with Gasteiger partial charge in [0.15, 0.2) is 6.29 Å². The molecule has 5 N–H and O–H groups in total. The topological polar surface area (TPSA) is 122 Å². The monoisotopic (exact) mass is 493 g/mol. The number of aliphatic hydroxyl groups is 1. The Morgan fingerprint density at radius 1 is 1.17 bits per heavy atom. The number of nitrogen functional groups attached to an aromatic ring is 1. The van der Waals surface area contributed by atoms with Gasteiger partial charge in [-0.15, -0.1) is 0 Å². The fourth-order valence-electron chi connectivity index (χ4n) is 3.18. The Kier molecular flexibility index (Phi) is 9.51. The zero-order valence-corrected chi connectivity index (χ0v) is 20.3. The largest absolute Gasteiger partial charge is 0.396 e. The molecule has 1 atom stereocenters. The van der Waals surface area contributed by atoms with Gasteiger partial charge in [-0.1, -0.05) is 29.8 Å². The molecule has 9 heteroatoms. The van der Waals surface area contributed by atoms with E-state index < -0.39 is 0 Å². The fraction of sp³-hybridized carbons (Fsp3) is 0.192. The van der Waals surface area contributed by atoms with Crippen LogP contribution in [0, 0.1) is 0 Å². The van der Waals surface area contributed by atoms with Crippen LogP contribution in [0.2, 0.25) is 5.02 Å². The van der Waals surface area contributed by atoms with E-state index in [0.717, 1.165) is 34.0 Å². The summed E-state index contributed by atoms with van der Waals surface area (Å²) in [6.45, 7) is 2.59. The van der Waals surface area contributed by atoms with Crippen molar-refractivity contribution in [3.63, 3.8) is 0 Å². The van der Waals surface area contributed by atoms with Crippen LogP contribution >= 0.6 is 11.6 Å². The first-order chi connectivity index (χ1) is 16.9. The molecule has 2 heterocycles. The van der Waals surface area contributed by atoms with Crippen molar-refractivity contribution >= 4 is 40.3 Å². The molecule has 2 aromatic heterocycles. The molecule has 0 saturated heterocycles. The van der Waals surface area contributed by atoms with Gasteiger partial charge in [-0.2, -0.15) is 0 Å². The van der Waals surface area contributed by atoms with Crippen molar-refractivity contribution in [1.82, 2.24) is 15.4 Å². The maximum absolute atomic E-state index is 10.9. The van der Waals surface area contributed by atoms with Gasteiger partial charge in [0.1, 0.15) is 5.82 Å². The van der Waals surface area contributed by atoms with Gasteiger partial charge in [0.05, 0.1) is 34.6 Å². The molecule has 2 aromatic carbocycles. The van der Waals surface area contributed by atoms with E-state index >= 15 is 0 Å². The molecule has 35 heavy (non-hydrogen) atoms.